The lowest BCUT2D eigenvalue weighted by Crippen LogP contribution is -2.50. The van der Waals surface area contributed by atoms with E-state index >= 15 is 0 Å². The van der Waals surface area contributed by atoms with Crippen LogP contribution in [0, 0.1) is 0 Å². The number of carbonyl (C=O) groups is 1. The zero-order valence-corrected chi connectivity index (χ0v) is 20.8. The van der Waals surface area contributed by atoms with Crippen molar-refractivity contribution >= 4 is 27.3 Å². The van der Waals surface area contributed by atoms with Crippen molar-refractivity contribution in [2.75, 3.05) is 26.2 Å². The van der Waals surface area contributed by atoms with E-state index in [2.05, 4.69) is 25.8 Å². The van der Waals surface area contributed by atoms with E-state index in [1.54, 1.807) is 17.0 Å². The summed E-state index contributed by atoms with van der Waals surface area (Å²) in [6, 6.07) is 17.0. The Morgan fingerprint density at radius 1 is 0.970 bits per heavy atom. The van der Waals surface area contributed by atoms with Gasteiger partial charge < -0.3 is 4.90 Å². The molecule has 0 spiro atoms. The molecule has 174 valence electrons. The van der Waals surface area contributed by atoms with Gasteiger partial charge in [0.2, 0.25) is 15.9 Å². The van der Waals surface area contributed by atoms with Gasteiger partial charge >= 0.3 is 0 Å². The van der Waals surface area contributed by atoms with E-state index < -0.39 is 10.0 Å². The van der Waals surface area contributed by atoms with Crippen molar-refractivity contribution in [2.45, 2.75) is 37.5 Å². The Hall–Kier alpha value is -2.55. The van der Waals surface area contributed by atoms with Crippen LogP contribution in [0.25, 0.3) is 10.6 Å². The summed E-state index contributed by atoms with van der Waals surface area (Å²) in [7, 11) is -3.57. The minimum absolute atomic E-state index is 0.0218. The van der Waals surface area contributed by atoms with Crippen LogP contribution in [0.5, 0.6) is 0 Å². The lowest BCUT2D eigenvalue weighted by atomic mass is 9.87. The summed E-state index contributed by atoms with van der Waals surface area (Å²) in [4.78, 5) is 19.4. The normalized spacial score (nSPS) is 15.5. The maximum atomic E-state index is 13.1. The van der Waals surface area contributed by atoms with Gasteiger partial charge in [0, 0.05) is 37.1 Å². The molecule has 2 heterocycles. The predicted octanol–water partition coefficient (Wildman–Crippen LogP) is 4.18. The highest BCUT2D eigenvalue weighted by atomic mass is 32.2. The van der Waals surface area contributed by atoms with Crippen LogP contribution >= 0.6 is 11.3 Å². The second-order valence-electron chi connectivity index (χ2n) is 9.25. The summed E-state index contributed by atoms with van der Waals surface area (Å²) in [5.41, 5.74) is 2.84. The van der Waals surface area contributed by atoms with E-state index in [4.69, 9.17) is 0 Å². The molecule has 0 aliphatic carbocycles. The van der Waals surface area contributed by atoms with Gasteiger partial charge in [-0.2, -0.15) is 4.31 Å². The van der Waals surface area contributed by atoms with Crippen molar-refractivity contribution in [3.05, 3.63) is 71.2 Å². The minimum Gasteiger partial charge on any atom is -0.340 e. The lowest BCUT2D eigenvalue weighted by molar-refractivity contribution is -0.131. The third kappa shape index (κ3) is 5.34. The average molecular weight is 484 g/mol. The van der Waals surface area contributed by atoms with Crippen LogP contribution in [0.3, 0.4) is 0 Å². The number of hydrogen-bond acceptors (Lipinski definition) is 5. The number of sulfonamides is 1. The smallest absolute Gasteiger partial charge is 0.243 e. The number of thiazole rings is 1. The minimum atomic E-state index is -3.57. The topological polar surface area (TPSA) is 70.6 Å². The molecule has 1 aromatic heterocycles. The van der Waals surface area contributed by atoms with Crippen LogP contribution in [-0.4, -0.2) is 54.7 Å². The molecule has 1 amide bonds. The number of carbonyl (C=O) groups excluding carboxylic acids is 1. The number of rotatable bonds is 5. The van der Waals surface area contributed by atoms with E-state index in [-0.39, 0.29) is 17.7 Å². The average Bonchev–Trinajstić information content (AvgIpc) is 3.28. The van der Waals surface area contributed by atoms with E-state index in [9.17, 15) is 13.2 Å². The first-order chi connectivity index (χ1) is 15.6. The highest BCUT2D eigenvalue weighted by Gasteiger charge is 2.30. The van der Waals surface area contributed by atoms with Crippen molar-refractivity contribution in [2.24, 2.45) is 0 Å². The standard InChI is InChI=1S/C25H29N3O3S2/c1-25(2,3)20-9-11-22(12-10-20)33(30,31)28-15-13-27(14-16-28)23(29)17-21-18-32-24(26-21)19-7-5-4-6-8-19/h4-12,18H,13-17H2,1-3H3. The maximum Gasteiger partial charge on any atom is 0.243 e. The van der Waals surface area contributed by atoms with E-state index in [0.29, 0.717) is 31.1 Å². The molecule has 4 rings (SSSR count). The monoisotopic (exact) mass is 483 g/mol. The number of hydrogen-bond donors (Lipinski definition) is 0. The van der Waals surface area contributed by atoms with Gasteiger partial charge in [-0.05, 0) is 23.1 Å². The van der Waals surface area contributed by atoms with Gasteiger partial charge in [-0.15, -0.1) is 11.3 Å². The largest absolute Gasteiger partial charge is 0.340 e. The summed E-state index contributed by atoms with van der Waals surface area (Å²) in [6.07, 6.45) is 0.227. The molecule has 0 atom stereocenters. The van der Waals surface area contributed by atoms with E-state index in [1.165, 1.54) is 15.6 Å². The molecule has 6 nitrogen and oxygen atoms in total. The number of piperazine rings is 1. The Morgan fingerprint density at radius 3 is 2.21 bits per heavy atom. The van der Waals surface area contributed by atoms with Crippen LogP contribution < -0.4 is 0 Å². The molecule has 0 radical (unpaired) electrons. The van der Waals surface area contributed by atoms with Crippen LogP contribution in [0.1, 0.15) is 32.0 Å². The van der Waals surface area contributed by atoms with Gasteiger partial charge in [-0.3, -0.25) is 4.79 Å². The number of amides is 1. The fourth-order valence-electron chi connectivity index (χ4n) is 3.82. The van der Waals surface area contributed by atoms with Crippen molar-refractivity contribution in [1.29, 1.82) is 0 Å². The van der Waals surface area contributed by atoms with Crippen LogP contribution in [-0.2, 0) is 26.7 Å². The molecule has 33 heavy (non-hydrogen) atoms. The molecular weight excluding hydrogens is 454 g/mol. The van der Waals surface area contributed by atoms with Gasteiger partial charge in [0.05, 0.1) is 17.0 Å². The first-order valence-electron chi connectivity index (χ1n) is 11.0. The molecule has 0 N–H and O–H groups in total. The number of aromatic nitrogens is 1. The number of nitrogens with zero attached hydrogens (tertiary/aromatic N) is 3. The molecule has 0 bridgehead atoms. The molecule has 1 aliphatic heterocycles. The Balaban J connectivity index is 1.35. The summed E-state index contributed by atoms with van der Waals surface area (Å²) in [6.45, 7) is 7.65. The summed E-state index contributed by atoms with van der Waals surface area (Å²) >= 11 is 1.53. The predicted molar refractivity (Wildman–Crippen MR) is 132 cm³/mol. The highest BCUT2D eigenvalue weighted by Crippen LogP contribution is 2.26. The van der Waals surface area contributed by atoms with Crippen molar-refractivity contribution in [3.8, 4) is 10.6 Å². The maximum absolute atomic E-state index is 13.1. The molecule has 0 saturated carbocycles. The van der Waals surface area contributed by atoms with Crippen LogP contribution in [0.4, 0.5) is 0 Å². The fraction of sp³-hybridized carbons (Fsp3) is 0.360. The fourth-order valence-corrected chi connectivity index (χ4v) is 6.07. The molecule has 1 aliphatic rings. The summed E-state index contributed by atoms with van der Waals surface area (Å²) in [5.74, 6) is -0.0218. The SMILES string of the molecule is CC(C)(C)c1ccc(S(=O)(=O)N2CCN(C(=O)Cc3csc(-c4ccccc4)n3)CC2)cc1. The van der Waals surface area contributed by atoms with Gasteiger partial charge in [0.25, 0.3) is 0 Å². The van der Waals surface area contributed by atoms with Gasteiger partial charge in [0.15, 0.2) is 0 Å². The second kappa shape index (κ2) is 9.37. The summed E-state index contributed by atoms with van der Waals surface area (Å²) in [5, 5.41) is 2.81. The molecule has 2 aromatic carbocycles. The Morgan fingerprint density at radius 2 is 1.61 bits per heavy atom. The third-order valence-corrected chi connectivity index (χ3v) is 8.71. The Kier molecular flexibility index (Phi) is 6.70. The first kappa shape index (κ1) is 23.6. The second-order valence-corrected chi connectivity index (χ2v) is 12.0. The van der Waals surface area contributed by atoms with E-state index in [0.717, 1.165) is 21.8 Å². The van der Waals surface area contributed by atoms with Gasteiger partial charge in [-0.25, -0.2) is 13.4 Å². The van der Waals surface area contributed by atoms with Gasteiger partial charge in [0.1, 0.15) is 5.01 Å². The van der Waals surface area contributed by atoms with Crippen molar-refractivity contribution in [3.63, 3.8) is 0 Å². The third-order valence-electron chi connectivity index (χ3n) is 5.85. The first-order valence-corrected chi connectivity index (χ1v) is 13.3. The van der Waals surface area contributed by atoms with Crippen LogP contribution in [0.15, 0.2) is 64.9 Å². The molecule has 1 saturated heterocycles. The molecule has 1 fully saturated rings. The van der Waals surface area contributed by atoms with Gasteiger partial charge in [-0.1, -0.05) is 63.2 Å². The Labute approximate surface area is 199 Å². The zero-order chi connectivity index (χ0) is 23.6. The van der Waals surface area contributed by atoms with Crippen LogP contribution in [0.2, 0.25) is 0 Å². The van der Waals surface area contributed by atoms with E-state index in [1.807, 2.05) is 47.8 Å². The molecule has 3 aromatic rings. The molecule has 8 heteroatoms. The highest BCUT2D eigenvalue weighted by molar-refractivity contribution is 7.89. The zero-order valence-electron chi connectivity index (χ0n) is 19.2. The lowest BCUT2D eigenvalue weighted by Gasteiger charge is -2.34. The molecular formula is C25H29N3O3S2. The Bertz CT molecular complexity index is 1210. The molecule has 0 unspecified atom stereocenters. The van der Waals surface area contributed by atoms with Crippen molar-refractivity contribution in [1.82, 2.24) is 14.2 Å². The quantitative estimate of drug-likeness (QED) is 0.546. The van der Waals surface area contributed by atoms with Crippen molar-refractivity contribution < 1.29 is 13.2 Å². The number of benzene rings is 2. The summed E-state index contributed by atoms with van der Waals surface area (Å²) < 4.78 is 27.6.